The van der Waals surface area contributed by atoms with Crippen molar-refractivity contribution in [1.29, 1.82) is 0 Å². The van der Waals surface area contributed by atoms with Crippen molar-refractivity contribution in [1.82, 2.24) is 9.97 Å². The van der Waals surface area contributed by atoms with E-state index in [9.17, 15) is 27.2 Å². The standard InChI is InChI=1S/C23H20F4N4O3S.C2H6/c1-12-16(23(25,26)27)11-29-22(34-17-6-7-18(24)30-13(17)2)20(12)21(33)31-14-4-3-5-15(10-14)35-9-8-19(28)32;1-2/h3-7,10-11H,8-9H2,1-2H3,(H2,28,32)(H,31,33);1-2H3. The van der Waals surface area contributed by atoms with Gasteiger partial charge in [0.05, 0.1) is 11.3 Å². The zero-order valence-electron chi connectivity index (χ0n) is 20.6. The van der Waals surface area contributed by atoms with Crippen LogP contribution < -0.4 is 15.8 Å². The second-order valence-electron chi connectivity index (χ2n) is 7.34. The summed E-state index contributed by atoms with van der Waals surface area (Å²) in [6.45, 7) is 6.58. The van der Waals surface area contributed by atoms with Crippen LogP contribution in [0, 0.1) is 19.8 Å². The monoisotopic (exact) mass is 538 g/mol. The van der Waals surface area contributed by atoms with Crippen molar-refractivity contribution in [3.8, 4) is 11.6 Å². The maximum atomic E-state index is 13.5. The van der Waals surface area contributed by atoms with Gasteiger partial charge in [0, 0.05) is 29.0 Å². The van der Waals surface area contributed by atoms with Crippen LogP contribution in [-0.4, -0.2) is 27.5 Å². The Balaban J connectivity index is 0.00000235. The third-order valence-electron chi connectivity index (χ3n) is 4.76. The molecule has 1 aromatic carbocycles. The fraction of sp³-hybridized carbons (Fsp3) is 0.280. The van der Waals surface area contributed by atoms with Gasteiger partial charge in [-0.05, 0) is 49.7 Å². The lowest BCUT2D eigenvalue weighted by Gasteiger charge is -2.17. The van der Waals surface area contributed by atoms with Crippen LogP contribution >= 0.6 is 11.8 Å². The molecular formula is C25H26F4N4O3S. The number of carbonyl (C=O) groups excluding carboxylic acids is 2. The maximum Gasteiger partial charge on any atom is 0.418 e. The van der Waals surface area contributed by atoms with E-state index in [4.69, 9.17) is 10.5 Å². The number of nitrogens with zero attached hydrogens (tertiary/aromatic N) is 2. The lowest BCUT2D eigenvalue weighted by atomic mass is 10.0. The highest BCUT2D eigenvalue weighted by Crippen LogP contribution is 2.37. The summed E-state index contributed by atoms with van der Waals surface area (Å²) in [4.78, 5) is 32.1. The van der Waals surface area contributed by atoms with Crippen molar-refractivity contribution in [2.45, 2.75) is 45.2 Å². The summed E-state index contributed by atoms with van der Waals surface area (Å²) in [6, 6.07) is 8.80. The van der Waals surface area contributed by atoms with E-state index in [2.05, 4.69) is 15.3 Å². The number of pyridine rings is 2. The molecule has 7 nitrogen and oxygen atoms in total. The summed E-state index contributed by atoms with van der Waals surface area (Å²) < 4.78 is 59.5. The van der Waals surface area contributed by atoms with Gasteiger partial charge >= 0.3 is 6.18 Å². The van der Waals surface area contributed by atoms with Crippen molar-refractivity contribution < 1.29 is 31.9 Å². The lowest BCUT2D eigenvalue weighted by Crippen LogP contribution is -2.19. The summed E-state index contributed by atoms with van der Waals surface area (Å²) >= 11 is 1.33. The predicted octanol–water partition coefficient (Wildman–Crippen LogP) is 6.29. The normalized spacial score (nSPS) is 10.8. The molecule has 3 aromatic rings. The molecule has 2 heterocycles. The number of amides is 2. The molecule has 3 N–H and O–H groups in total. The first kappa shape index (κ1) is 29.6. The second kappa shape index (κ2) is 13.0. The van der Waals surface area contributed by atoms with E-state index in [-0.39, 0.29) is 23.4 Å². The summed E-state index contributed by atoms with van der Waals surface area (Å²) in [7, 11) is 0. The number of thioether (sulfide) groups is 1. The highest BCUT2D eigenvalue weighted by Gasteiger charge is 2.36. The minimum absolute atomic E-state index is 0.0277. The number of hydrogen-bond donors (Lipinski definition) is 2. The molecule has 0 unspecified atom stereocenters. The molecule has 0 fully saturated rings. The zero-order chi connectivity index (χ0) is 27.8. The molecule has 0 bridgehead atoms. The Morgan fingerprint density at radius 1 is 1.14 bits per heavy atom. The molecule has 0 aliphatic carbocycles. The number of benzene rings is 1. The van der Waals surface area contributed by atoms with Gasteiger partial charge < -0.3 is 15.8 Å². The van der Waals surface area contributed by atoms with E-state index >= 15 is 0 Å². The molecule has 198 valence electrons. The van der Waals surface area contributed by atoms with Gasteiger partial charge in [-0.15, -0.1) is 11.8 Å². The Hall–Kier alpha value is -3.67. The number of rotatable bonds is 8. The number of hydrogen-bond acceptors (Lipinski definition) is 6. The molecule has 0 saturated heterocycles. The molecule has 0 saturated carbocycles. The highest BCUT2D eigenvalue weighted by atomic mass is 32.2. The van der Waals surface area contributed by atoms with Gasteiger partial charge in [-0.25, -0.2) is 9.97 Å². The van der Waals surface area contributed by atoms with E-state index in [0.29, 0.717) is 22.5 Å². The molecule has 0 spiro atoms. The summed E-state index contributed by atoms with van der Waals surface area (Å²) in [5, 5.41) is 2.56. The SMILES string of the molecule is CC.Cc1nc(F)ccc1Oc1ncc(C(F)(F)F)c(C)c1C(=O)Nc1cccc(SCCC(N)=O)c1. The van der Waals surface area contributed by atoms with Crippen LogP contribution in [-0.2, 0) is 11.0 Å². The van der Waals surface area contributed by atoms with Gasteiger partial charge in [0.2, 0.25) is 17.7 Å². The zero-order valence-corrected chi connectivity index (χ0v) is 21.4. The molecule has 2 amide bonds. The second-order valence-corrected chi connectivity index (χ2v) is 8.51. The van der Waals surface area contributed by atoms with Crippen molar-refractivity contribution >= 4 is 29.3 Å². The van der Waals surface area contributed by atoms with Gasteiger partial charge in [-0.1, -0.05) is 19.9 Å². The number of aromatic nitrogens is 2. The number of nitrogens with two attached hydrogens (primary N) is 1. The molecule has 12 heteroatoms. The summed E-state index contributed by atoms with van der Waals surface area (Å²) in [5.74, 6) is -2.04. The molecule has 0 aliphatic heterocycles. The van der Waals surface area contributed by atoms with Crippen LogP contribution in [0.3, 0.4) is 0 Å². The largest absolute Gasteiger partial charge is 0.436 e. The van der Waals surface area contributed by atoms with Crippen LogP contribution in [0.1, 0.15) is 47.4 Å². The van der Waals surface area contributed by atoms with Crippen molar-refractivity contribution in [3.05, 3.63) is 70.9 Å². The van der Waals surface area contributed by atoms with Crippen molar-refractivity contribution in [2.75, 3.05) is 11.1 Å². The molecule has 0 atom stereocenters. The maximum absolute atomic E-state index is 13.5. The Kier molecular flexibility index (Phi) is 10.4. The molecule has 37 heavy (non-hydrogen) atoms. The molecular weight excluding hydrogens is 512 g/mol. The summed E-state index contributed by atoms with van der Waals surface area (Å²) in [6.07, 6.45) is -4.02. The Morgan fingerprint density at radius 2 is 1.84 bits per heavy atom. The number of ether oxygens (including phenoxy) is 1. The number of anilines is 1. The average Bonchev–Trinajstić information content (AvgIpc) is 2.81. The number of nitrogens with one attached hydrogen (secondary N) is 1. The highest BCUT2D eigenvalue weighted by molar-refractivity contribution is 7.99. The quantitative estimate of drug-likeness (QED) is 0.198. The smallest absolute Gasteiger partial charge is 0.418 e. The van der Waals surface area contributed by atoms with E-state index in [1.165, 1.54) is 24.8 Å². The van der Waals surface area contributed by atoms with E-state index < -0.39 is 40.9 Å². The number of aryl methyl sites for hydroxylation is 1. The van der Waals surface area contributed by atoms with Gasteiger partial charge in [-0.2, -0.15) is 17.6 Å². The number of alkyl halides is 3. The first-order valence-corrected chi connectivity index (χ1v) is 12.1. The lowest BCUT2D eigenvalue weighted by molar-refractivity contribution is -0.138. The van der Waals surface area contributed by atoms with Gasteiger partial charge in [0.1, 0.15) is 5.56 Å². The van der Waals surface area contributed by atoms with Crippen LogP contribution in [0.5, 0.6) is 11.6 Å². The van der Waals surface area contributed by atoms with Crippen LogP contribution in [0.15, 0.2) is 47.5 Å². The Bertz CT molecular complexity index is 1270. The third-order valence-corrected chi connectivity index (χ3v) is 5.75. The Labute approximate surface area is 215 Å². The third kappa shape index (κ3) is 8.17. The first-order chi connectivity index (χ1) is 17.5. The van der Waals surface area contributed by atoms with E-state index in [1.54, 1.807) is 24.3 Å². The molecule has 0 radical (unpaired) electrons. The topological polar surface area (TPSA) is 107 Å². The first-order valence-electron chi connectivity index (χ1n) is 11.2. The number of halogens is 4. The van der Waals surface area contributed by atoms with Crippen LogP contribution in [0.25, 0.3) is 0 Å². The van der Waals surface area contributed by atoms with E-state index in [1.807, 2.05) is 13.8 Å². The van der Waals surface area contributed by atoms with Gasteiger partial charge in [-0.3, -0.25) is 9.59 Å². The van der Waals surface area contributed by atoms with E-state index in [0.717, 1.165) is 13.0 Å². The fourth-order valence-corrected chi connectivity index (χ4v) is 3.99. The number of primary amides is 1. The van der Waals surface area contributed by atoms with Crippen LogP contribution in [0.2, 0.25) is 0 Å². The summed E-state index contributed by atoms with van der Waals surface area (Å²) in [5.41, 5.74) is 3.64. The number of carbonyl (C=O) groups is 2. The fourth-order valence-electron chi connectivity index (χ4n) is 3.07. The molecule has 0 aliphatic rings. The van der Waals surface area contributed by atoms with Crippen LogP contribution in [0.4, 0.5) is 23.2 Å². The van der Waals surface area contributed by atoms with Crippen molar-refractivity contribution in [3.63, 3.8) is 0 Å². The van der Waals surface area contributed by atoms with Gasteiger partial charge in [0.15, 0.2) is 5.75 Å². The predicted molar refractivity (Wildman–Crippen MR) is 133 cm³/mol. The minimum Gasteiger partial charge on any atom is -0.436 e. The molecule has 3 rings (SSSR count). The average molecular weight is 539 g/mol. The van der Waals surface area contributed by atoms with Gasteiger partial charge in [0.25, 0.3) is 5.91 Å². The molecule has 2 aromatic heterocycles. The minimum atomic E-state index is -4.75. The van der Waals surface area contributed by atoms with Crippen molar-refractivity contribution in [2.24, 2.45) is 5.73 Å². The Morgan fingerprint density at radius 3 is 2.46 bits per heavy atom.